The third kappa shape index (κ3) is 2.93. The summed E-state index contributed by atoms with van der Waals surface area (Å²) >= 11 is 5.84. The molecule has 1 aliphatic rings. The number of aromatic nitrogens is 1. The standard InChI is InChI=1S/C13H17ClN2O2/c1-13(7-3-2-4-8-13)16-11-9(12(17)18)5-6-10(14)15-11/h5-6H,2-4,7-8H2,1H3,(H,15,16)(H,17,18). The maximum Gasteiger partial charge on any atom is 0.339 e. The van der Waals surface area contributed by atoms with Crippen LogP contribution in [0.5, 0.6) is 0 Å². The summed E-state index contributed by atoms with van der Waals surface area (Å²) in [6.07, 6.45) is 5.62. The minimum atomic E-state index is -0.985. The van der Waals surface area contributed by atoms with Crippen molar-refractivity contribution in [2.24, 2.45) is 0 Å². The Labute approximate surface area is 111 Å². The molecule has 0 amide bonds. The van der Waals surface area contributed by atoms with Crippen LogP contribution in [0.2, 0.25) is 5.15 Å². The highest BCUT2D eigenvalue weighted by Gasteiger charge is 2.28. The molecule has 0 aromatic carbocycles. The molecular weight excluding hydrogens is 252 g/mol. The summed E-state index contributed by atoms with van der Waals surface area (Å²) in [6.45, 7) is 2.11. The van der Waals surface area contributed by atoms with Gasteiger partial charge < -0.3 is 10.4 Å². The summed E-state index contributed by atoms with van der Waals surface area (Å²) in [6, 6.07) is 2.99. The van der Waals surface area contributed by atoms with Crippen molar-refractivity contribution in [1.82, 2.24) is 4.98 Å². The Hall–Kier alpha value is -1.29. The zero-order valence-electron chi connectivity index (χ0n) is 10.4. The number of halogens is 1. The number of carboxylic acids is 1. The molecule has 0 bridgehead atoms. The first-order valence-electron chi connectivity index (χ1n) is 6.18. The molecule has 1 heterocycles. The molecule has 1 fully saturated rings. The largest absolute Gasteiger partial charge is 0.478 e. The second-order valence-electron chi connectivity index (χ2n) is 5.08. The van der Waals surface area contributed by atoms with Crippen LogP contribution in [0.3, 0.4) is 0 Å². The Bertz CT molecular complexity index is 456. The van der Waals surface area contributed by atoms with Crippen molar-refractivity contribution in [3.05, 3.63) is 22.8 Å². The molecule has 98 valence electrons. The number of hydrogen-bond acceptors (Lipinski definition) is 3. The van der Waals surface area contributed by atoms with Crippen molar-refractivity contribution in [1.29, 1.82) is 0 Å². The van der Waals surface area contributed by atoms with E-state index in [1.165, 1.54) is 18.6 Å². The van der Waals surface area contributed by atoms with Crippen molar-refractivity contribution in [2.75, 3.05) is 5.32 Å². The number of rotatable bonds is 3. The first-order chi connectivity index (χ1) is 8.50. The van der Waals surface area contributed by atoms with E-state index in [2.05, 4.69) is 17.2 Å². The zero-order valence-corrected chi connectivity index (χ0v) is 11.1. The molecule has 0 spiro atoms. The fraction of sp³-hybridized carbons (Fsp3) is 0.538. The Balaban J connectivity index is 2.26. The van der Waals surface area contributed by atoms with Gasteiger partial charge in [-0.15, -0.1) is 0 Å². The normalized spacial score (nSPS) is 18.3. The lowest BCUT2D eigenvalue weighted by molar-refractivity contribution is 0.0697. The minimum Gasteiger partial charge on any atom is -0.478 e. The highest BCUT2D eigenvalue weighted by atomic mass is 35.5. The van der Waals surface area contributed by atoms with Crippen LogP contribution in [0.15, 0.2) is 12.1 Å². The number of nitrogens with one attached hydrogen (secondary N) is 1. The van der Waals surface area contributed by atoms with Crippen molar-refractivity contribution in [3.8, 4) is 0 Å². The maximum absolute atomic E-state index is 11.2. The van der Waals surface area contributed by atoms with E-state index < -0.39 is 5.97 Å². The highest BCUT2D eigenvalue weighted by molar-refractivity contribution is 6.29. The van der Waals surface area contributed by atoms with Crippen LogP contribution in [0.4, 0.5) is 5.82 Å². The summed E-state index contributed by atoms with van der Waals surface area (Å²) in [5, 5.41) is 12.7. The Morgan fingerprint density at radius 3 is 2.67 bits per heavy atom. The van der Waals surface area contributed by atoms with Gasteiger partial charge in [-0.3, -0.25) is 0 Å². The van der Waals surface area contributed by atoms with Gasteiger partial charge in [-0.05, 0) is 31.9 Å². The fourth-order valence-electron chi connectivity index (χ4n) is 2.45. The van der Waals surface area contributed by atoms with Gasteiger partial charge in [0.15, 0.2) is 0 Å². The molecule has 0 saturated heterocycles. The molecule has 1 saturated carbocycles. The molecule has 1 aromatic heterocycles. The van der Waals surface area contributed by atoms with Gasteiger partial charge in [0.1, 0.15) is 16.5 Å². The average Bonchev–Trinajstić information content (AvgIpc) is 2.28. The van der Waals surface area contributed by atoms with Crippen LogP contribution in [0.1, 0.15) is 49.4 Å². The lowest BCUT2D eigenvalue weighted by Crippen LogP contribution is -2.37. The van der Waals surface area contributed by atoms with E-state index in [1.54, 1.807) is 0 Å². The minimum absolute atomic E-state index is 0.0832. The Morgan fingerprint density at radius 1 is 1.39 bits per heavy atom. The molecule has 5 heteroatoms. The van der Waals surface area contributed by atoms with Crippen LogP contribution in [-0.4, -0.2) is 21.6 Å². The van der Waals surface area contributed by atoms with Gasteiger partial charge in [0, 0.05) is 5.54 Å². The highest BCUT2D eigenvalue weighted by Crippen LogP contribution is 2.32. The number of carbonyl (C=O) groups is 1. The third-order valence-corrected chi connectivity index (χ3v) is 3.68. The van der Waals surface area contributed by atoms with E-state index in [9.17, 15) is 4.79 Å². The summed E-state index contributed by atoms with van der Waals surface area (Å²) in [5.74, 6) is -0.611. The molecule has 2 rings (SSSR count). The predicted octanol–water partition coefficient (Wildman–Crippen LogP) is 3.57. The van der Waals surface area contributed by atoms with Gasteiger partial charge in [-0.2, -0.15) is 0 Å². The monoisotopic (exact) mass is 268 g/mol. The van der Waals surface area contributed by atoms with E-state index in [1.807, 2.05) is 0 Å². The van der Waals surface area contributed by atoms with Crippen LogP contribution >= 0.6 is 11.6 Å². The van der Waals surface area contributed by atoms with Gasteiger partial charge in [-0.25, -0.2) is 9.78 Å². The molecule has 2 N–H and O–H groups in total. The van der Waals surface area contributed by atoms with E-state index >= 15 is 0 Å². The molecular formula is C13H17ClN2O2. The summed E-state index contributed by atoms with van der Waals surface area (Å²) in [5.41, 5.74) is 0.0892. The van der Waals surface area contributed by atoms with Crippen molar-refractivity contribution >= 4 is 23.4 Å². The van der Waals surface area contributed by atoms with Gasteiger partial charge in [-0.1, -0.05) is 30.9 Å². The molecule has 4 nitrogen and oxygen atoms in total. The number of nitrogens with zero attached hydrogens (tertiary/aromatic N) is 1. The fourth-order valence-corrected chi connectivity index (χ4v) is 2.59. The van der Waals surface area contributed by atoms with Crippen LogP contribution in [0, 0.1) is 0 Å². The number of anilines is 1. The third-order valence-electron chi connectivity index (χ3n) is 3.47. The summed E-state index contributed by atoms with van der Waals surface area (Å²) in [4.78, 5) is 15.3. The van der Waals surface area contributed by atoms with Gasteiger partial charge in [0.2, 0.25) is 0 Å². The summed E-state index contributed by atoms with van der Waals surface area (Å²) < 4.78 is 0. The number of aromatic carboxylic acids is 1. The predicted molar refractivity (Wildman–Crippen MR) is 71.3 cm³/mol. The second kappa shape index (κ2) is 5.14. The average molecular weight is 269 g/mol. The van der Waals surface area contributed by atoms with Gasteiger partial charge in [0.25, 0.3) is 0 Å². The molecule has 0 atom stereocenters. The topological polar surface area (TPSA) is 62.2 Å². The van der Waals surface area contributed by atoms with Crippen molar-refractivity contribution < 1.29 is 9.90 Å². The molecule has 1 aromatic rings. The molecule has 1 aliphatic carbocycles. The quantitative estimate of drug-likeness (QED) is 0.823. The molecule has 18 heavy (non-hydrogen) atoms. The van der Waals surface area contributed by atoms with Gasteiger partial charge in [0.05, 0.1) is 0 Å². The molecule has 0 radical (unpaired) electrons. The number of pyridine rings is 1. The van der Waals surface area contributed by atoms with Crippen LogP contribution in [-0.2, 0) is 0 Å². The first kappa shape index (κ1) is 13.1. The van der Waals surface area contributed by atoms with Crippen molar-refractivity contribution in [2.45, 2.75) is 44.6 Å². The zero-order chi connectivity index (χ0) is 13.2. The molecule has 0 unspecified atom stereocenters. The van der Waals surface area contributed by atoms with E-state index in [0.717, 1.165) is 25.7 Å². The lowest BCUT2D eigenvalue weighted by Gasteiger charge is -2.35. The van der Waals surface area contributed by atoms with Crippen molar-refractivity contribution in [3.63, 3.8) is 0 Å². The summed E-state index contributed by atoms with van der Waals surface area (Å²) in [7, 11) is 0. The van der Waals surface area contributed by atoms with Crippen LogP contribution < -0.4 is 5.32 Å². The number of carboxylic acid groups (broad SMARTS) is 1. The first-order valence-corrected chi connectivity index (χ1v) is 6.56. The SMILES string of the molecule is CC1(Nc2nc(Cl)ccc2C(=O)O)CCCCC1. The second-order valence-corrected chi connectivity index (χ2v) is 5.47. The van der Waals surface area contributed by atoms with Crippen LogP contribution in [0.25, 0.3) is 0 Å². The molecule has 0 aliphatic heterocycles. The maximum atomic E-state index is 11.2. The van der Waals surface area contributed by atoms with E-state index in [0.29, 0.717) is 11.0 Å². The lowest BCUT2D eigenvalue weighted by atomic mass is 9.83. The van der Waals surface area contributed by atoms with E-state index in [-0.39, 0.29) is 11.1 Å². The number of hydrogen-bond donors (Lipinski definition) is 2. The Morgan fingerprint density at radius 2 is 2.06 bits per heavy atom. The van der Waals surface area contributed by atoms with E-state index in [4.69, 9.17) is 16.7 Å². The smallest absolute Gasteiger partial charge is 0.339 e. The Kier molecular flexibility index (Phi) is 3.76. The van der Waals surface area contributed by atoms with Gasteiger partial charge >= 0.3 is 5.97 Å².